The summed E-state index contributed by atoms with van der Waals surface area (Å²) in [5.41, 5.74) is -0.246. The molecule has 1 aliphatic carbocycles. The topological polar surface area (TPSA) is 49.4 Å². The number of likely N-dealkylation sites (tertiary alicyclic amines) is 1. The zero-order chi connectivity index (χ0) is 14.2. The molecule has 2 rings (SSSR count). The van der Waals surface area contributed by atoms with Gasteiger partial charge in [-0.05, 0) is 40.0 Å². The summed E-state index contributed by atoms with van der Waals surface area (Å²) in [5.74, 6) is 0.387. The maximum Gasteiger partial charge on any atom is 0.243 e. The highest BCUT2D eigenvalue weighted by atomic mass is 16.2. The number of carbonyl (C=O) groups excluding carboxylic acids is 2. The van der Waals surface area contributed by atoms with Crippen molar-refractivity contribution < 1.29 is 9.59 Å². The molecule has 0 aromatic heterocycles. The molecule has 1 N–H and O–H groups in total. The van der Waals surface area contributed by atoms with Crippen molar-refractivity contribution in [2.75, 3.05) is 0 Å². The summed E-state index contributed by atoms with van der Waals surface area (Å²) >= 11 is 0. The van der Waals surface area contributed by atoms with Gasteiger partial charge in [-0.3, -0.25) is 9.59 Å². The molecular weight excluding hydrogens is 240 g/mol. The summed E-state index contributed by atoms with van der Waals surface area (Å²) in [6.07, 6.45) is 5.11. The van der Waals surface area contributed by atoms with Crippen LogP contribution in [0.25, 0.3) is 0 Å². The van der Waals surface area contributed by atoms with Crippen molar-refractivity contribution >= 4 is 11.8 Å². The summed E-state index contributed by atoms with van der Waals surface area (Å²) in [5, 5.41) is 3.00. The van der Waals surface area contributed by atoms with Crippen molar-refractivity contribution in [1.29, 1.82) is 0 Å². The van der Waals surface area contributed by atoms with Gasteiger partial charge in [0.25, 0.3) is 0 Å². The molecule has 1 saturated carbocycles. The number of fused-ring (bicyclic) bond motifs is 1. The van der Waals surface area contributed by atoms with Crippen molar-refractivity contribution in [2.24, 2.45) is 5.92 Å². The lowest BCUT2D eigenvalue weighted by Crippen LogP contribution is -2.68. The minimum absolute atomic E-state index is 0.00706. The molecule has 2 fully saturated rings. The quantitative estimate of drug-likeness (QED) is 0.795. The first-order chi connectivity index (χ1) is 8.85. The van der Waals surface area contributed by atoms with Crippen LogP contribution in [0.15, 0.2) is 0 Å². The minimum atomic E-state index is -0.286. The SMILES string of the molecule is CCC(C(=O)NC(C)(C)C)N1C(=O)[C@@H]2CCCC[C@@H]21. The van der Waals surface area contributed by atoms with Crippen LogP contribution in [0.4, 0.5) is 0 Å². The fourth-order valence-corrected chi connectivity index (χ4v) is 3.35. The summed E-state index contributed by atoms with van der Waals surface area (Å²) in [6, 6.07) is 0.0305. The summed E-state index contributed by atoms with van der Waals surface area (Å²) in [6.45, 7) is 7.90. The molecule has 1 saturated heterocycles. The fraction of sp³-hybridized carbons (Fsp3) is 0.867. The van der Waals surface area contributed by atoms with E-state index in [9.17, 15) is 9.59 Å². The Labute approximate surface area is 115 Å². The molecule has 2 amide bonds. The Morgan fingerprint density at radius 2 is 2.00 bits per heavy atom. The van der Waals surface area contributed by atoms with Crippen LogP contribution >= 0.6 is 0 Å². The number of carbonyl (C=O) groups is 2. The lowest BCUT2D eigenvalue weighted by molar-refractivity contribution is -0.168. The zero-order valence-electron chi connectivity index (χ0n) is 12.5. The Hall–Kier alpha value is -1.06. The molecule has 0 radical (unpaired) electrons. The highest BCUT2D eigenvalue weighted by Crippen LogP contribution is 2.40. The van der Waals surface area contributed by atoms with Gasteiger partial charge in [0.15, 0.2) is 0 Å². The summed E-state index contributed by atoms with van der Waals surface area (Å²) in [7, 11) is 0. The molecule has 3 atom stereocenters. The van der Waals surface area contributed by atoms with Crippen molar-refractivity contribution in [3.63, 3.8) is 0 Å². The number of hydrogen-bond acceptors (Lipinski definition) is 2. The molecule has 1 heterocycles. The third-order valence-electron chi connectivity index (χ3n) is 4.18. The van der Waals surface area contributed by atoms with Gasteiger partial charge < -0.3 is 10.2 Å². The van der Waals surface area contributed by atoms with E-state index in [1.165, 1.54) is 6.42 Å². The van der Waals surface area contributed by atoms with Crippen LogP contribution in [0.1, 0.15) is 59.8 Å². The Bertz CT molecular complexity index is 373. The van der Waals surface area contributed by atoms with E-state index in [-0.39, 0.29) is 29.3 Å². The second-order valence-corrected chi connectivity index (χ2v) is 6.87. The Morgan fingerprint density at radius 3 is 2.58 bits per heavy atom. The number of nitrogens with zero attached hydrogens (tertiary/aromatic N) is 1. The van der Waals surface area contributed by atoms with Gasteiger partial charge in [-0.2, -0.15) is 0 Å². The molecule has 19 heavy (non-hydrogen) atoms. The van der Waals surface area contributed by atoms with Gasteiger partial charge in [0.2, 0.25) is 11.8 Å². The van der Waals surface area contributed by atoms with Crippen LogP contribution in [0, 0.1) is 5.92 Å². The van der Waals surface area contributed by atoms with E-state index >= 15 is 0 Å². The standard InChI is InChI=1S/C15H26N2O2/c1-5-11(13(18)16-15(2,3)4)17-12-9-7-6-8-10(12)14(17)19/h10-12H,5-9H2,1-4H3,(H,16,18)/t10-,11?,12+/m1/s1. The van der Waals surface area contributed by atoms with Gasteiger partial charge in [0.1, 0.15) is 6.04 Å². The molecular formula is C15H26N2O2. The van der Waals surface area contributed by atoms with Crippen LogP contribution in [0.2, 0.25) is 0 Å². The van der Waals surface area contributed by atoms with Gasteiger partial charge in [-0.1, -0.05) is 19.8 Å². The van der Waals surface area contributed by atoms with Crippen molar-refractivity contribution in [3.05, 3.63) is 0 Å². The Kier molecular flexibility index (Phi) is 3.88. The van der Waals surface area contributed by atoms with Crippen LogP contribution in [-0.2, 0) is 9.59 Å². The van der Waals surface area contributed by atoms with E-state index in [1.54, 1.807) is 0 Å². The van der Waals surface area contributed by atoms with E-state index < -0.39 is 0 Å². The minimum Gasteiger partial charge on any atom is -0.350 e. The molecule has 108 valence electrons. The Balaban J connectivity index is 2.05. The lowest BCUT2D eigenvalue weighted by atomic mass is 9.75. The van der Waals surface area contributed by atoms with E-state index in [0.29, 0.717) is 12.5 Å². The molecule has 0 aromatic carbocycles. The van der Waals surface area contributed by atoms with E-state index in [0.717, 1.165) is 19.3 Å². The molecule has 2 aliphatic rings. The van der Waals surface area contributed by atoms with E-state index in [2.05, 4.69) is 5.32 Å². The van der Waals surface area contributed by atoms with Crippen molar-refractivity contribution in [2.45, 2.75) is 77.4 Å². The highest BCUT2D eigenvalue weighted by molar-refractivity contribution is 5.93. The molecule has 0 spiro atoms. The average molecular weight is 266 g/mol. The number of nitrogens with one attached hydrogen (secondary N) is 1. The monoisotopic (exact) mass is 266 g/mol. The highest BCUT2D eigenvalue weighted by Gasteiger charge is 2.51. The summed E-state index contributed by atoms with van der Waals surface area (Å²) in [4.78, 5) is 26.4. The first kappa shape index (κ1) is 14.4. The number of rotatable bonds is 3. The number of β-lactam (4-membered cyclic amide) rings is 1. The number of hydrogen-bond donors (Lipinski definition) is 1. The van der Waals surface area contributed by atoms with Crippen LogP contribution < -0.4 is 5.32 Å². The molecule has 4 heteroatoms. The third-order valence-corrected chi connectivity index (χ3v) is 4.18. The molecule has 1 aliphatic heterocycles. The third kappa shape index (κ3) is 2.77. The molecule has 0 aromatic rings. The van der Waals surface area contributed by atoms with Crippen molar-refractivity contribution in [1.82, 2.24) is 10.2 Å². The maximum atomic E-state index is 12.3. The smallest absolute Gasteiger partial charge is 0.243 e. The first-order valence-electron chi connectivity index (χ1n) is 7.49. The Morgan fingerprint density at radius 1 is 1.37 bits per heavy atom. The van der Waals surface area contributed by atoms with Crippen LogP contribution in [0.3, 0.4) is 0 Å². The fourth-order valence-electron chi connectivity index (χ4n) is 3.35. The molecule has 1 unspecified atom stereocenters. The molecule has 0 bridgehead atoms. The maximum absolute atomic E-state index is 12.3. The van der Waals surface area contributed by atoms with Gasteiger partial charge in [-0.25, -0.2) is 0 Å². The number of amides is 2. The van der Waals surface area contributed by atoms with Gasteiger partial charge in [0, 0.05) is 11.6 Å². The predicted molar refractivity (Wildman–Crippen MR) is 74.6 cm³/mol. The van der Waals surface area contributed by atoms with E-state index in [4.69, 9.17) is 0 Å². The lowest BCUT2D eigenvalue weighted by Gasteiger charge is -2.53. The van der Waals surface area contributed by atoms with Gasteiger partial charge in [0.05, 0.1) is 5.92 Å². The second-order valence-electron chi connectivity index (χ2n) is 6.87. The van der Waals surface area contributed by atoms with Crippen molar-refractivity contribution in [3.8, 4) is 0 Å². The van der Waals surface area contributed by atoms with E-state index in [1.807, 2.05) is 32.6 Å². The first-order valence-corrected chi connectivity index (χ1v) is 7.49. The average Bonchev–Trinajstić information content (AvgIpc) is 2.32. The molecule has 4 nitrogen and oxygen atoms in total. The zero-order valence-corrected chi connectivity index (χ0v) is 12.5. The predicted octanol–water partition coefficient (Wildman–Crippen LogP) is 2.08. The summed E-state index contributed by atoms with van der Waals surface area (Å²) < 4.78 is 0. The van der Waals surface area contributed by atoms with Gasteiger partial charge >= 0.3 is 0 Å². The second kappa shape index (κ2) is 5.14. The largest absolute Gasteiger partial charge is 0.350 e. The van der Waals surface area contributed by atoms with Crippen LogP contribution in [0.5, 0.6) is 0 Å². The van der Waals surface area contributed by atoms with Gasteiger partial charge in [-0.15, -0.1) is 0 Å². The van der Waals surface area contributed by atoms with Crippen LogP contribution in [-0.4, -0.2) is 34.3 Å². The normalized spacial score (nSPS) is 28.4.